The van der Waals surface area contributed by atoms with Gasteiger partial charge in [0.15, 0.2) is 0 Å². The molecule has 21 heavy (non-hydrogen) atoms. The molecular formula is C14H17FN2O2S2. The molecule has 0 saturated heterocycles. The number of anilines is 1. The van der Waals surface area contributed by atoms with Crippen LogP contribution in [-0.4, -0.2) is 19.3 Å². The Morgan fingerprint density at radius 3 is 2.67 bits per heavy atom. The van der Waals surface area contributed by atoms with Crippen LogP contribution < -0.4 is 5.73 Å². The summed E-state index contributed by atoms with van der Waals surface area (Å²) < 4.78 is 40.2. The number of rotatable bonds is 5. The van der Waals surface area contributed by atoms with E-state index in [1.807, 2.05) is 17.5 Å². The molecule has 0 aliphatic carbocycles. The van der Waals surface area contributed by atoms with Gasteiger partial charge in [-0.05, 0) is 36.1 Å². The van der Waals surface area contributed by atoms with Gasteiger partial charge in [-0.2, -0.15) is 4.31 Å². The van der Waals surface area contributed by atoms with E-state index in [2.05, 4.69) is 0 Å². The van der Waals surface area contributed by atoms with Crippen LogP contribution in [0, 0.1) is 12.7 Å². The van der Waals surface area contributed by atoms with Crippen LogP contribution in [0.25, 0.3) is 0 Å². The molecule has 1 aromatic heterocycles. The van der Waals surface area contributed by atoms with Crippen molar-refractivity contribution in [2.45, 2.75) is 25.3 Å². The largest absolute Gasteiger partial charge is 0.396 e. The minimum absolute atomic E-state index is 0.0554. The Morgan fingerprint density at radius 1 is 1.38 bits per heavy atom. The molecule has 0 aliphatic rings. The molecule has 0 aliphatic heterocycles. The van der Waals surface area contributed by atoms with Crippen LogP contribution in [0.1, 0.15) is 17.4 Å². The van der Waals surface area contributed by atoms with Crippen molar-refractivity contribution in [3.63, 3.8) is 0 Å². The van der Waals surface area contributed by atoms with Gasteiger partial charge in [-0.3, -0.25) is 0 Å². The average molecular weight is 328 g/mol. The first-order valence-electron chi connectivity index (χ1n) is 6.44. The number of halogens is 1. The maximum Gasteiger partial charge on any atom is 0.243 e. The van der Waals surface area contributed by atoms with Gasteiger partial charge >= 0.3 is 0 Å². The first-order chi connectivity index (χ1) is 9.86. The summed E-state index contributed by atoms with van der Waals surface area (Å²) in [5.41, 5.74) is 5.70. The highest BCUT2D eigenvalue weighted by atomic mass is 32.2. The quantitative estimate of drug-likeness (QED) is 0.858. The van der Waals surface area contributed by atoms with Crippen LogP contribution in [-0.2, 0) is 16.6 Å². The lowest BCUT2D eigenvalue weighted by Gasteiger charge is -2.21. The van der Waals surface area contributed by atoms with Crippen molar-refractivity contribution in [1.82, 2.24) is 4.31 Å². The third kappa shape index (κ3) is 3.25. The Bertz CT molecular complexity index is 728. The minimum atomic E-state index is -3.70. The zero-order valence-corrected chi connectivity index (χ0v) is 13.5. The molecular weight excluding hydrogens is 311 g/mol. The maximum atomic E-state index is 13.4. The third-order valence-corrected chi connectivity index (χ3v) is 6.10. The van der Waals surface area contributed by atoms with Gasteiger partial charge in [0, 0.05) is 18.0 Å². The number of thiophene rings is 1. The Kier molecular flexibility index (Phi) is 4.65. The fourth-order valence-corrected chi connectivity index (χ4v) is 4.50. The highest BCUT2D eigenvalue weighted by Gasteiger charge is 2.26. The molecule has 1 aromatic carbocycles. The number of hydrogen-bond acceptors (Lipinski definition) is 4. The third-order valence-electron chi connectivity index (χ3n) is 3.18. The van der Waals surface area contributed by atoms with Crippen LogP contribution in [0.3, 0.4) is 0 Å². The Hall–Kier alpha value is -1.44. The molecule has 1 heterocycles. The molecule has 0 atom stereocenters. The fourth-order valence-electron chi connectivity index (χ4n) is 2.03. The number of benzene rings is 1. The number of aryl methyl sites for hydroxylation is 1. The van der Waals surface area contributed by atoms with Crippen molar-refractivity contribution >= 4 is 27.0 Å². The molecule has 2 N–H and O–H groups in total. The molecule has 0 bridgehead atoms. The molecule has 0 unspecified atom stereocenters. The van der Waals surface area contributed by atoms with E-state index in [1.54, 1.807) is 13.8 Å². The van der Waals surface area contributed by atoms with Crippen molar-refractivity contribution in [1.29, 1.82) is 0 Å². The van der Waals surface area contributed by atoms with E-state index in [0.717, 1.165) is 10.9 Å². The summed E-state index contributed by atoms with van der Waals surface area (Å²) in [5.74, 6) is -0.604. The summed E-state index contributed by atoms with van der Waals surface area (Å²) in [6.07, 6.45) is 0. The smallest absolute Gasteiger partial charge is 0.243 e. The first-order valence-corrected chi connectivity index (χ1v) is 8.76. The van der Waals surface area contributed by atoms with Gasteiger partial charge in [0.25, 0.3) is 0 Å². The van der Waals surface area contributed by atoms with Crippen molar-refractivity contribution in [2.75, 3.05) is 12.3 Å². The SMILES string of the molecule is CCN(Cc1cccs1)S(=O)(=O)c1cc(N)c(F)cc1C. The second kappa shape index (κ2) is 6.13. The lowest BCUT2D eigenvalue weighted by molar-refractivity contribution is 0.426. The van der Waals surface area contributed by atoms with E-state index in [0.29, 0.717) is 18.7 Å². The summed E-state index contributed by atoms with van der Waals surface area (Å²) in [6.45, 7) is 3.96. The molecule has 0 fully saturated rings. The van der Waals surface area contributed by atoms with E-state index < -0.39 is 15.8 Å². The van der Waals surface area contributed by atoms with Crippen LogP contribution in [0.15, 0.2) is 34.5 Å². The number of nitrogen functional groups attached to an aromatic ring is 1. The number of nitrogens with two attached hydrogens (primary N) is 1. The van der Waals surface area contributed by atoms with Crippen molar-refractivity contribution in [3.8, 4) is 0 Å². The highest BCUT2D eigenvalue weighted by molar-refractivity contribution is 7.89. The van der Waals surface area contributed by atoms with E-state index in [-0.39, 0.29) is 10.6 Å². The zero-order valence-electron chi connectivity index (χ0n) is 11.8. The van der Waals surface area contributed by atoms with Crippen LogP contribution in [0.4, 0.5) is 10.1 Å². The van der Waals surface area contributed by atoms with Gasteiger partial charge in [0.2, 0.25) is 10.0 Å². The second-order valence-electron chi connectivity index (χ2n) is 4.65. The Labute approximate surface area is 128 Å². The molecule has 114 valence electrons. The molecule has 4 nitrogen and oxygen atoms in total. The monoisotopic (exact) mass is 328 g/mol. The van der Waals surface area contributed by atoms with Gasteiger partial charge in [0.1, 0.15) is 5.82 Å². The molecule has 2 rings (SSSR count). The molecule has 2 aromatic rings. The Balaban J connectivity index is 2.42. The predicted octanol–water partition coefficient (Wildman–Crippen LogP) is 2.99. The normalized spacial score (nSPS) is 12.0. The zero-order chi connectivity index (χ0) is 15.6. The lowest BCUT2D eigenvalue weighted by atomic mass is 10.2. The fraction of sp³-hybridized carbons (Fsp3) is 0.286. The van der Waals surface area contributed by atoms with Gasteiger partial charge in [-0.15, -0.1) is 11.3 Å². The average Bonchev–Trinajstić information content (AvgIpc) is 2.92. The number of nitrogens with zero attached hydrogens (tertiary/aromatic N) is 1. The van der Waals surface area contributed by atoms with Crippen LogP contribution in [0.5, 0.6) is 0 Å². The van der Waals surface area contributed by atoms with E-state index in [4.69, 9.17) is 5.73 Å². The lowest BCUT2D eigenvalue weighted by Crippen LogP contribution is -2.30. The molecule has 0 amide bonds. The maximum absolute atomic E-state index is 13.4. The summed E-state index contributed by atoms with van der Waals surface area (Å²) >= 11 is 1.50. The molecule has 0 spiro atoms. The highest BCUT2D eigenvalue weighted by Crippen LogP contribution is 2.26. The minimum Gasteiger partial charge on any atom is -0.396 e. The van der Waals surface area contributed by atoms with E-state index in [9.17, 15) is 12.8 Å². The first kappa shape index (κ1) is 15.9. The number of hydrogen-bond donors (Lipinski definition) is 1. The summed E-state index contributed by atoms with van der Waals surface area (Å²) in [7, 11) is -3.70. The van der Waals surface area contributed by atoms with Crippen LogP contribution in [0.2, 0.25) is 0 Å². The van der Waals surface area contributed by atoms with Gasteiger partial charge in [-0.1, -0.05) is 13.0 Å². The van der Waals surface area contributed by atoms with E-state index in [1.165, 1.54) is 21.7 Å². The second-order valence-corrected chi connectivity index (χ2v) is 7.59. The molecule has 7 heteroatoms. The Morgan fingerprint density at radius 2 is 2.10 bits per heavy atom. The van der Waals surface area contributed by atoms with Crippen molar-refractivity contribution in [2.24, 2.45) is 0 Å². The summed E-state index contributed by atoms with van der Waals surface area (Å²) in [5, 5.41) is 1.90. The van der Waals surface area contributed by atoms with Crippen molar-refractivity contribution < 1.29 is 12.8 Å². The topological polar surface area (TPSA) is 63.4 Å². The summed E-state index contributed by atoms with van der Waals surface area (Å²) in [4.78, 5) is 1.01. The molecule has 0 saturated carbocycles. The van der Waals surface area contributed by atoms with Crippen LogP contribution >= 0.6 is 11.3 Å². The van der Waals surface area contributed by atoms with Gasteiger partial charge in [-0.25, -0.2) is 12.8 Å². The summed E-state index contributed by atoms with van der Waals surface area (Å²) in [6, 6.07) is 6.11. The molecule has 0 radical (unpaired) electrons. The van der Waals surface area contributed by atoms with Crippen molar-refractivity contribution in [3.05, 3.63) is 45.9 Å². The number of sulfonamides is 1. The van der Waals surface area contributed by atoms with E-state index >= 15 is 0 Å². The van der Waals surface area contributed by atoms with Gasteiger partial charge in [0.05, 0.1) is 10.6 Å². The standard InChI is InChI=1S/C14H17FN2O2S2/c1-3-17(9-11-5-4-6-20-11)21(18,19)14-8-13(16)12(15)7-10(14)2/h4-8H,3,9,16H2,1-2H3. The van der Waals surface area contributed by atoms with Gasteiger partial charge < -0.3 is 5.73 Å². The predicted molar refractivity (Wildman–Crippen MR) is 83.1 cm³/mol.